The van der Waals surface area contributed by atoms with Gasteiger partial charge in [-0.25, -0.2) is 0 Å². The van der Waals surface area contributed by atoms with Gasteiger partial charge in [0.25, 0.3) is 0 Å². The van der Waals surface area contributed by atoms with E-state index in [1.54, 1.807) is 0 Å². The Morgan fingerprint density at radius 2 is 2.00 bits per heavy atom. The summed E-state index contributed by atoms with van der Waals surface area (Å²) in [6.07, 6.45) is 7.94. The number of nitrogens with one attached hydrogen (secondary N) is 1. The van der Waals surface area contributed by atoms with E-state index in [0.717, 1.165) is 25.4 Å². The Hall–Kier alpha value is -0.120. The topological polar surface area (TPSA) is 35.5 Å². The van der Waals surface area contributed by atoms with Crippen molar-refractivity contribution in [2.75, 3.05) is 33.3 Å². The minimum absolute atomic E-state index is 0.0332. The molecule has 18 heavy (non-hydrogen) atoms. The van der Waals surface area contributed by atoms with Crippen molar-refractivity contribution in [1.82, 2.24) is 10.2 Å². The first kappa shape index (κ1) is 14.3. The summed E-state index contributed by atoms with van der Waals surface area (Å²) in [6, 6.07) is 0. The van der Waals surface area contributed by atoms with Crippen LogP contribution in [0.4, 0.5) is 0 Å². The zero-order valence-corrected chi connectivity index (χ0v) is 12.1. The summed E-state index contributed by atoms with van der Waals surface area (Å²) in [5.41, 5.74) is -0.0332. The van der Waals surface area contributed by atoms with Gasteiger partial charge in [0, 0.05) is 13.1 Å². The number of hydrogen-bond acceptors (Lipinski definition) is 3. The molecule has 0 bridgehead atoms. The van der Waals surface area contributed by atoms with Crippen molar-refractivity contribution < 1.29 is 5.11 Å². The first-order valence-corrected chi connectivity index (χ1v) is 7.74. The molecule has 2 saturated carbocycles. The number of hydrogen-bond donors (Lipinski definition) is 2. The highest BCUT2D eigenvalue weighted by atomic mass is 16.3. The summed E-state index contributed by atoms with van der Waals surface area (Å²) < 4.78 is 0. The first-order chi connectivity index (χ1) is 8.70. The second-order valence-corrected chi connectivity index (χ2v) is 6.51. The average Bonchev–Trinajstić information content (AvgIpc) is 3.14. The van der Waals surface area contributed by atoms with Gasteiger partial charge in [0.15, 0.2) is 0 Å². The summed E-state index contributed by atoms with van der Waals surface area (Å²) in [7, 11) is 2.22. The quantitative estimate of drug-likeness (QED) is 0.659. The van der Waals surface area contributed by atoms with Crippen LogP contribution in [0.3, 0.4) is 0 Å². The predicted molar refractivity (Wildman–Crippen MR) is 75.7 cm³/mol. The van der Waals surface area contributed by atoms with Gasteiger partial charge in [-0.15, -0.1) is 0 Å². The summed E-state index contributed by atoms with van der Waals surface area (Å²) in [4.78, 5) is 2.45. The largest absolute Gasteiger partial charge is 0.394 e. The average molecular weight is 254 g/mol. The molecule has 2 rings (SSSR count). The van der Waals surface area contributed by atoms with Crippen molar-refractivity contribution in [3.63, 3.8) is 0 Å². The van der Waals surface area contributed by atoms with E-state index < -0.39 is 0 Å². The molecule has 0 heterocycles. The van der Waals surface area contributed by atoms with E-state index in [-0.39, 0.29) is 12.1 Å². The van der Waals surface area contributed by atoms with Crippen molar-refractivity contribution in [1.29, 1.82) is 0 Å². The molecule has 106 valence electrons. The highest BCUT2D eigenvalue weighted by Gasteiger charge is 2.45. The minimum atomic E-state index is -0.0332. The normalized spacial score (nSPS) is 24.0. The lowest BCUT2D eigenvalue weighted by atomic mass is 9.84. The predicted octanol–water partition coefficient (Wildman–Crippen LogP) is 1.86. The molecule has 2 aliphatic rings. The molecule has 3 heteroatoms. The Morgan fingerprint density at radius 3 is 2.44 bits per heavy atom. The van der Waals surface area contributed by atoms with Crippen LogP contribution in [-0.2, 0) is 0 Å². The molecule has 0 aliphatic heterocycles. The van der Waals surface area contributed by atoms with Crippen molar-refractivity contribution in [2.24, 2.45) is 11.8 Å². The van der Waals surface area contributed by atoms with Crippen molar-refractivity contribution in [3.8, 4) is 0 Å². The van der Waals surface area contributed by atoms with Crippen molar-refractivity contribution >= 4 is 0 Å². The lowest BCUT2D eigenvalue weighted by molar-refractivity contribution is 0.0869. The number of rotatable bonds is 9. The Labute approximate surface area is 112 Å². The summed E-state index contributed by atoms with van der Waals surface area (Å²) in [5.74, 6) is 1.61. The van der Waals surface area contributed by atoms with Gasteiger partial charge in [-0.2, -0.15) is 0 Å². The van der Waals surface area contributed by atoms with Gasteiger partial charge in [0.1, 0.15) is 0 Å². The van der Waals surface area contributed by atoms with Gasteiger partial charge in [0.05, 0.1) is 12.1 Å². The maximum atomic E-state index is 9.88. The molecule has 1 atom stereocenters. The third-order valence-corrected chi connectivity index (χ3v) is 4.71. The minimum Gasteiger partial charge on any atom is -0.394 e. The third kappa shape index (κ3) is 3.46. The second kappa shape index (κ2) is 6.36. The molecule has 3 nitrogen and oxygen atoms in total. The molecule has 0 saturated heterocycles. The van der Waals surface area contributed by atoms with Crippen molar-refractivity contribution in [3.05, 3.63) is 0 Å². The van der Waals surface area contributed by atoms with E-state index in [1.807, 2.05) is 0 Å². The third-order valence-electron chi connectivity index (χ3n) is 4.71. The van der Waals surface area contributed by atoms with Crippen LogP contribution >= 0.6 is 0 Å². The molecule has 2 fully saturated rings. The van der Waals surface area contributed by atoms with E-state index in [2.05, 4.69) is 24.2 Å². The standard InChI is InChI=1S/C15H30N2O/c1-3-9-16-15(12-18,14-7-8-14)11-17(2)10-13-5-4-6-13/h13-14,16,18H,3-12H2,1-2H3. The molecule has 0 radical (unpaired) electrons. The highest BCUT2D eigenvalue weighted by Crippen LogP contribution is 2.40. The molecule has 0 aromatic rings. The van der Waals surface area contributed by atoms with Crippen LogP contribution in [-0.4, -0.2) is 48.8 Å². The molecule has 0 spiro atoms. The van der Waals surface area contributed by atoms with E-state index >= 15 is 0 Å². The van der Waals surface area contributed by atoms with Gasteiger partial charge in [0.2, 0.25) is 0 Å². The zero-order chi connectivity index (χ0) is 13.0. The van der Waals surface area contributed by atoms with Crippen LogP contribution in [0.5, 0.6) is 0 Å². The fourth-order valence-corrected chi connectivity index (χ4v) is 3.24. The van der Waals surface area contributed by atoms with E-state index in [1.165, 1.54) is 38.6 Å². The van der Waals surface area contributed by atoms with Gasteiger partial charge < -0.3 is 15.3 Å². The summed E-state index contributed by atoms with van der Waals surface area (Å²) >= 11 is 0. The fraction of sp³-hybridized carbons (Fsp3) is 1.00. The Morgan fingerprint density at radius 1 is 1.28 bits per heavy atom. The molecule has 0 aromatic carbocycles. The number of aliphatic hydroxyl groups excluding tert-OH is 1. The highest BCUT2D eigenvalue weighted by molar-refractivity contribution is 5.02. The molecule has 2 N–H and O–H groups in total. The van der Waals surface area contributed by atoms with Crippen LogP contribution in [0.1, 0.15) is 45.4 Å². The van der Waals surface area contributed by atoms with E-state index in [0.29, 0.717) is 5.92 Å². The first-order valence-electron chi connectivity index (χ1n) is 7.74. The molecule has 0 aromatic heterocycles. The second-order valence-electron chi connectivity index (χ2n) is 6.51. The van der Waals surface area contributed by atoms with Gasteiger partial charge in [-0.3, -0.25) is 0 Å². The lowest BCUT2D eigenvalue weighted by Crippen LogP contribution is -2.58. The lowest BCUT2D eigenvalue weighted by Gasteiger charge is -2.39. The van der Waals surface area contributed by atoms with Crippen LogP contribution in [0, 0.1) is 11.8 Å². The van der Waals surface area contributed by atoms with Gasteiger partial charge in [-0.05, 0) is 57.5 Å². The summed E-state index contributed by atoms with van der Waals surface area (Å²) in [5, 5.41) is 13.5. The molecular formula is C15H30N2O. The number of aliphatic hydroxyl groups is 1. The SMILES string of the molecule is CCCNC(CO)(CN(C)CC1CCC1)C1CC1. The fourth-order valence-electron chi connectivity index (χ4n) is 3.24. The van der Waals surface area contributed by atoms with Gasteiger partial charge >= 0.3 is 0 Å². The van der Waals surface area contributed by atoms with Crippen LogP contribution in [0.15, 0.2) is 0 Å². The van der Waals surface area contributed by atoms with Gasteiger partial charge in [-0.1, -0.05) is 13.3 Å². The van der Waals surface area contributed by atoms with E-state index in [9.17, 15) is 5.11 Å². The zero-order valence-electron chi connectivity index (χ0n) is 12.1. The maximum absolute atomic E-state index is 9.88. The van der Waals surface area contributed by atoms with Crippen LogP contribution in [0.25, 0.3) is 0 Å². The Kier molecular flexibility index (Phi) is 5.05. The Balaban J connectivity index is 1.85. The van der Waals surface area contributed by atoms with Crippen molar-refractivity contribution in [2.45, 2.75) is 51.0 Å². The summed E-state index contributed by atoms with van der Waals surface area (Å²) in [6.45, 7) is 5.72. The maximum Gasteiger partial charge on any atom is 0.0628 e. The molecular weight excluding hydrogens is 224 g/mol. The smallest absolute Gasteiger partial charge is 0.0628 e. The molecule has 0 amide bonds. The van der Waals surface area contributed by atoms with Crippen LogP contribution in [0.2, 0.25) is 0 Å². The number of nitrogens with zero attached hydrogens (tertiary/aromatic N) is 1. The van der Waals surface area contributed by atoms with E-state index in [4.69, 9.17) is 0 Å². The Bertz CT molecular complexity index is 251. The number of likely N-dealkylation sites (N-methyl/N-ethyl adjacent to an activating group) is 1. The van der Waals surface area contributed by atoms with Crippen LogP contribution < -0.4 is 5.32 Å². The molecule has 1 unspecified atom stereocenters. The monoisotopic (exact) mass is 254 g/mol. The molecule has 2 aliphatic carbocycles.